The third-order valence-corrected chi connectivity index (χ3v) is 4.30. The lowest BCUT2D eigenvalue weighted by molar-refractivity contribution is -0.144. The Hall–Kier alpha value is -0.610. The molecule has 0 amide bonds. The van der Waals surface area contributed by atoms with Crippen LogP contribution in [0.15, 0.2) is 0 Å². The Morgan fingerprint density at radius 3 is 2.72 bits per heavy atom. The highest BCUT2D eigenvalue weighted by Crippen LogP contribution is 2.29. The molecule has 18 heavy (non-hydrogen) atoms. The maximum atomic E-state index is 11.2. The van der Waals surface area contributed by atoms with Gasteiger partial charge < -0.3 is 15.3 Å². The second-order valence-corrected chi connectivity index (χ2v) is 5.94. The van der Waals surface area contributed by atoms with Crippen LogP contribution in [-0.2, 0) is 4.79 Å². The van der Waals surface area contributed by atoms with Gasteiger partial charge in [0.15, 0.2) is 0 Å². The van der Waals surface area contributed by atoms with E-state index in [1.54, 1.807) is 0 Å². The molecule has 104 valence electrons. The van der Waals surface area contributed by atoms with Gasteiger partial charge in [0, 0.05) is 25.7 Å². The van der Waals surface area contributed by atoms with Crippen molar-refractivity contribution >= 4 is 5.97 Å². The lowest BCUT2D eigenvalue weighted by atomic mass is 9.84. The standard InChI is InChI=1S/C14H26N2O2/c1-2-6-15-13-7-12(14(17)18)9-16(10-13)8-11-4-3-5-11/h11-13,15H,2-10H2,1H3,(H,17,18). The minimum atomic E-state index is -0.628. The van der Waals surface area contributed by atoms with Crippen LogP contribution in [0.3, 0.4) is 0 Å². The molecule has 0 aromatic rings. The fourth-order valence-corrected chi connectivity index (χ4v) is 3.06. The van der Waals surface area contributed by atoms with Gasteiger partial charge in [0.25, 0.3) is 0 Å². The average Bonchev–Trinajstić information content (AvgIpc) is 2.31. The van der Waals surface area contributed by atoms with Gasteiger partial charge in [-0.2, -0.15) is 0 Å². The summed E-state index contributed by atoms with van der Waals surface area (Å²) >= 11 is 0. The predicted octanol–water partition coefficient (Wildman–Crippen LogP) is 1.56. The number of hydrogen-bond donors (Lipinski definition) is 2. The quantitative estimate of drug-likeness (QED) is 0.755. The second-order valence-electron chi connectivity index (χ2n) is 5.94. The highest BCUT2D eigenvalue weighted by Gasteiger charge is 2.32. The Balaban J connectivity index is 1.85. The van der Waals surface area contributed by atoms with Crippen molar-refractivity contribution in [3.63, 3.8) is 0 Å². The van der Waals surface area contributed by atoms with E-state index < -0.39 is 5.97 Å². The summed E-state index contributed by atoms with van der Waals surface area (Å²) in [7, 11) is 0. The number of aliphatic carboxylic acids is 1. The number of rotatable bonds is 6. The zero-order valence-corrected chi connectivity index (χ0v) is 11.4. The molecular formula is C14H26N2O2. The minimum Gasteiger partial charge on any atom is -0.481 e. The van der Waals surface area contributed by atoms with Gasteiger partial charge >= 0.3 is 5.97 Å². The molecule has 1 aliphatic carbocycles. The smallest absolute Gasteiger partial charge is 0.307 e. The Bertz CT molecular complexity index is 279. The molecule has 4 nitrogen and oxygen atoms in total. The molecule has 1 heterocycles. The normalized spacial score (nSPS) is 30.1. The Morgan fingerprint density at radius 2 is 2.17 bits per heavy atom. The van der Waals surface area contributed by atoms with Crippen LogP contribution < -0.4 is 5.32 Å². The third-order valence-electron chi connectivity index (χ3n) is 4.30. The number of likely N-dealkylation sites (tertiary alicyclic amines) is 1. The summed E-state index contributed by atoms with van der Waals surface area (Å²) in [4.78, 5) is 13.6. The first-order valence-electron chi connectivity index (χ1n) is 7.37. The molecule has 2 rings (SSSR count). The lowest BCUT2D eigenvalue weighted by Crippen LogP contribution is -2.52. The van der Waals surface area contributed by atoms with Crippen LogP contribution in [0.4, 0.5) is 0 Å². The third kappa shape index (κ3) is 3.69. The summed E-state index contributed by atoms with van der Waals surface area (Å²) in [5, 5.41) is 12.7. The van der Waals surface area contributed by atoms with Crippen molar-refractivity contribution in [2.24, 2.45) is 11.8 Å². The summed E-state index contributed by atoms with van der Waals surface area (Å²) in [5.41, 5.74) is 0. The molecule has 2 unspecified atom stereocenters. The van der Waals surface area contributed by atoms with Crippen molar-refractivity contribution in [2.45, 2.75) is 45.1 Å². The SMILES string of the molecule is CCCNC1CC(C(=O)O)CN(CC2CCC2)C1. The number of carbonyl (C=O) groups is 1. The molecule has 0 aromatic carbocycles. The lowest BCUT2D eigenvalue weighted by Gasteiger charge is -2.40. The average molecular weight is 254 g/mol. The van der Waals surface area contributed by atoms with Crippen molar-refractivity contribution in [3.05, 3.63) is 0 Å². The Morgan fingerprint density at radius 1 is 1.39 bits per heavy atom. The monoisotopic (exact) mass is 254 g/mol. The first kappa shape index (κ1) is 13.8. The highest BCUT2D eigenvalue weighted by atomic mass is 16.4. The molecule has 2 fully saturated rings. The first-order chi connectivity index (χ1) is 8.69. The van der Waals surface area contributed by atoms with E-state index in [2.05, 4.69) is 17.1 Å². The first-order valence-corrected chi connectivity index (χ1v) is 7.37. The van der Waals surface area contributed by atoms with E-state index in [1.165, 1.54) is 19.3 Å². The molecule has 0 spiro atoms. The van der Waals surface area contributed by atoms with E-state index in [9.17, 15) is 9.90 Å². The fraction of sp³-hybridized carbons (Fsp3) is 0.929. The summed E-state index contributed by atoms with van der Waals surface area (Å²) in [6.07, 6.45) is 5.92. The van der Waals surface area contributed by atoms with E-state index in [-0.39, 0.29) is 5.92 Å². The molecule has 0 radical (unpaired) electrons. The minimum absolute atomic E-state index is 0.187. The highest BCUT2D eigenvalue weighted by molar-refractivity contribution is 5.70. The van der Waals surface area contributed by atoms with Gasteiger partial charge in [-0.3, -0.25) is 4.79 Å². The molecule has 1 saturated heterocycles. The van der Waals surface area contributed by atoms with Crippen molar-refractivity contribution < 1.29 is 9.90 Å². The summed E-state index contributed by atoms with van der Waals surface area (Å²) in [5.74, 6) is 0.00848. The molecular weight excluding hydrogens is 228 g/mol. The number of nitrogens with zero attached hydrogens (tertiary/aromatic N) is 1. The van der Waals surface area contributed by atoms with Gasteiger partial charge in [-0.25, -0.2) is 0 Å². The second kappa shape index (κ2) is 6.53. The number of carboxylic acid groups (broad SMARTS) is 1. The summed E-state index contributed by atoms with van der Waals surface area (Å²) in [6, 6.07) is 0.361. The zero-order valence-electron chi connectivity index (χ0n) is 11.4. The largest absolute Gasteiger partial charge is 0.481 e. The summed E-state index contributed by atoms with van der Waals surface area (Å²) in [6.45, 7) is 6.02. The molecule has 2 atom stereocenters. The molecule has 0 aromatic heterocycles. The molecule has 4 heteroatoms. The van der Waals surface area contributed by atoms with E-state index in [0.29, 0.717) is 6.04 Å². The van der Waals surface area contributed by atoms with Crippen LogP contribution in [0.25, 0.3) is 0 Å². The number of piperidine rings is 1. The fourth-order valence-electron chi connectivity index (χ4n) is 3.06. The van der Waals surface area contributed by atoms with Gasteiger partial charge in [-0.1, -0.05) is 13.3 Å². The molecule has 1 saturated carbocycles. The maximum Gasteiger partial charge on any atom is 0.307 e. The summed E-state index contributed by atoms with van der Waals surface area (Å²) < 4.78 is 0. The van der Waals surface area contributed by atoms with Crippen molar-refractivity contribution in [3.8, 4) is 0 Å². The molecule has 1 aliphatic heterocycles. The molecule has 2 N–H and O–H groups in total. The van der Waals surface area contributed by atoms with Gasteiger partial charge in [-0.05, 0) is 38.1 Å². The van der Waals surface area contributed by atoms with Crippen LogP contribution in [0.5, 0.6) is 0 Å². The van der Waals surface area contributed by atoms with Crippen LogP contribution in [0.1, 0.15) is 39.0 Å². The van der Waals surface area contributed by atoms with Crippen LogP contribution in [0.2, 0.25) is 0 Å². The Kier molecular flexibility index (Phi) is 5.01. The number of carboxylic acids is 1. The van der Waals surface area contributed by atoms with E-state index in [0.717, 1.165) is 44.9 Å². The zero-order chi connectivity index (χ0) is 13.0. The van der Waals surface area contributed by atoms with Crippen LogP contribution in [0, 0.1) is 11.8 Å². The maximum absolute atomic E-state index is 11.2. The number of hydrogen-bond acceptors (Lipinski definition) is 3. The van der Waals surface area contributed by atoms with Crippen LogP contribution in [-0.4, -0.2) is 48.2 Å². The topological polar surface area (TPSA) is 52.6 Å². The van der Waals surface area contributed by atoms with Gasteiger partial charge in [0.2, 0.25) is 0 Å². The van der Waals surface area contributed by atoms with E-state index in [1.807, 2.05) is 0 Å². The van der Waals surface area contributed by atoms with E-state index >= 15 is 0 Å². The van der Waals surface area contributed by atoms with Crippen LogP contribution >= 0.6 is 0 Å². The van der Waals surface area contributed by atoms with Crippen molar-refractivity contribution in [1.29, 1.82) is 0 Å². The Labute approximate surface area is 110 Å². The van der Waals surface area contributed by atoms with Gasteiger partial charge in [-0.15, -0.1) is 0 Å². The van der Waals surface area contributed by atoms with Crippen molar-refractivity contribution in [1.82, 2.24) is 10.2 Å². The predicted molar refractivity (Wildman–Crippen MR) is 71.6 cm³/mol. The number of nitrogens with one attached hydrogen (secondary N) is 1. The van der Waals surface area contributed by atoms with E-state index in [4.69, 9.17) is 0 Å². The molecule has 0 bridgehead atoms. The molecule has 2 aliphatic rings. The van der Waals surface area contributed by atoms with Crippen molar-refractivity contribution in [2.75, 3.05) is 26.2 Å². The van der Waals surface area contributed by atoms with Gasteiger partial charge in [0.05, 0.1) is 5.92 Å². The van der Waals surface area contributed by atoms with Gasteiger partial charge in [0.1, 0.15) is 0 Å².